The molecular weight excluding hydrogens is 222 g/mol. The molecule has 1 heterocycles. The topological polar surface area (TPSA) is 12.5 Å². The molecule has 1 aliphatic heterocycles. The van der Waals surface area contributed by atoms with Crippen LogP contribution in [0.4, 0.5) is 0 Å². The molecule has 0 amide bonds. The van der Waals surface area contributed by atoms with Gasteiger partial charge in [-0.3, -0.25) is 4.90 Å². The molecule has 0 saturated carbocycles. The normalized spacial score (nSPS) is 21.5. The molecule has 1 atom stereocenters. The van der Waals surface area contributed by atoms with Crippen molar-refractivity contribution in [2.75, 3.05) is 19.7 Å². The minimum Gasteiger partial charge on any atom is -0.376 e. The fraction of sp³-hybridized carbons (Fsp3) is 0.538. The molecule has 0 aliphatic carbocycles. The Morgan fingerprint density at radius 3 is 2.62 bits per heavy atom. The molecule has 2 nitrogen and oxygen atoms in total. The van der Waals surface area contributed by atoms with Gasteiger partial charge in [0.1, 0.15) is 0 Å². The smallest absolute Gasteiger partial charge is 0.0674 e. The van der Waals surface area contributed by atoms with Crippen molar-refractivity contribution in [2.45, 2.75) is 26.5 Å². The first-order chi connectivity index (χ1) is 7.24. The van der Waals surface area contributed by atoms with E-state index in [0.717, 1.165) is 26.2 Å². The van der Waals surface area contributed by atoms with Crippen LogP contribution in [-0.2, 0) is 11.3 Å². The summed E-state index contributed by atoms with van der Waals surface area (Å²) in [5, 5.41) is 0. The molecule has 90 valence electrons. The molecule has 1 fully saturated rings. The average Bonchev–Trinajstić information content (AvgIpc) is 2.22. The SMILES string of the molecule is Cc1ccc(CN2CCOC(C)C2)cc1.Cl. The summed E-state index contributed by atoms with van der Waals surface area (Å²) < 4.78 is 5.52. The number of morpholine rings is 1. The van der Waals surface area contributed by atoms with E-state index in [1.807, 2.05) is 0 Å². The minimum absolute atomic E-state index is 0. The highest BCUT2D eigenvalue weighted by Crippen LogP contribution is 2.10. The van der Waals surface area contributed by atoms with E-state index in [2.05, 4.69) is 43.0 Å². The number of hydrogen-bond acceptors (Lipinski definition) is 2. The van der Waals surface area contributed by atoms with E-state index in [0.29, 0.717) is 6.10 Å². The van der Waals surface area contributed by atoms with E-state index in [1.165, 1.54) is 11.1 Å². The highest BCUT2D eigenvalue weighted by atomic mass is 35.5. The first kappa shape index (κ1) is 13.5. The largest absolute Gasteiger partial charge is 0.376 e. The lowest BCUT2D eigenvalue weighted by molar-refractivity contribution is -0.0212. The molecule has 1 aromatic carbocycles. The maximum Gasteiger partial charge on any atom is 0.0674 e. The van der Waals surface area contributed by atoms with Gasteiger partial charge in [-0.2, -0.15) is 0 Å². The van der Waals surface area contributed by atoms with E-state index in [9.17, 15) is 0 Å². The number of benzene rings is 1. The summed E-state index contributed by atoms with van der Waals surface area (Å²) in [5.41, 5.74) is 2.73. The maximum absolute atomic E-state index is 5.52. The lowest BCUT2D eigenvalue weighted by Gasteiger charge is -2.31. The van der Waals surface area contributed by atoms with Gasteiger partial charge in [-0.15, -0.1) is 12.4 Å². The van der Waals surface area contributed by atoms with Crippen LogP contribution in [0.25, 0.3) is 0 Å². The van der Waals surface area contributed by atoms with Gasteiger partial charge in [0.25, 0.3) is 0 Å². The van der Waals surface area contributed by atoms with Crippen LogP contribution in [0.3, 0.4) is 0 Å². The minimum atomic E-state index is 0. The highest BCUT2D eigenvalue weighted by Gasteiger charge is 2.16. The molecule has 1 aromatic rings. The van der Waals surface area contributed by atoms with E-state index in [4.69, 9.17) is 4.74 Å². The first-order valence-electron chi connectivity index (χ1n) is 5.63. The summed E-state index contributed by atoms with van der Waals surface area (Å²) in [4.78, 5) is 2.46. The van der Waals surface area contributed by atoms with Gasteiger partial charge >= 0.3 is 0 Å². The number of aryl methyl sites for hydroxylation is 1. The summed E-state index contributed by atoms with van der Waals surface area (Å²) in [7, 11) is 0. The van der Waals surface area contributed by atoms with Gasteiger partial charge in [0.2, 0.25) is 0 Å². The number of hydrogen-bond donors (Lipinski definition) is 0. The van der Waals surface area contributed by atoms with Crippen LogP contribution in [0.5, 0.6) is 0 Å². The second-order valence-corrected chi connectivity index (χ2v) is 4.40. The molecule has 0 N–H and O–H groups in total. The Morgan fingerprint density at radius 2 is 2.00 bits per heavy atom. The molecule has 0 radical (unpaired) electrons. The van der Waals surface area contributed by atoms with Crippen molar-refractivity contribution in [1.82, 2.24) is 4.90 Å². The molecule has 1 unspecified atom stereocenters. The Hall–Kier alpha value is -0.570. The zero-order valence-electron chi connectivity index (χ0n) is 9.98. The number of halogens is 1. The van der Waals surface area contributed by atoms with Crippen LogP contribution in [0.15, 0.2) is 24.3 Å². The summed E-state index contributed by atoms with van der Waals surface area (Å²) in [5.74, 6) is 0. The van der Waals surface area contributed by atoms with Crippen LogP contribution in [-0.4, -0.2) is 30.7 Å². The number of rotatable bonds is 2. The molecule has 3 heteroatoms. The molecule has 16 heavy (non-hydrogen) atoms. The molecular formula is C13H20ClNO. The molecule has 1 saturated heterocycles. The summed E-state index contributed by atoms with van der Waals surface area (Å²) in [6.45, 7) is 8.29. The van der Waals surface area contributed by atoms with Crippen LogP contribution < -0.4 is 0 Å². The monoisotopic (exact) mass is 241 g/mol. The van der Waals surface area contributed by atoms with Crippen molar-refractivity contribution >= 4 is 12.4 Å². The van der Waals surface area contributed by atoms with E-state index >= 15 is 0 Å². The Labute approximate surface area is 104 Å². The molecule has 0 aromatic heterocycles. The van der Waals surface area contributed by atoms with Gasteiger partial charge in [0, 0.05) is 19.6 Å². The summed E-state index contributed by atoms with van der Waals surface area (Å²) >= 11 is 0. The van der Waals surface area contributed by atoms with E-state index in [-0.39, 0.29) is 12.4 Å². The Bertz CT molecular complexity index is 312. The molecule has 1 aliphatic rings. The Balaban J connectivity index is 0.00000128. The van der Waals surface area contributed by atoms with Crippen LogP contribution in [0, 0.1) is 6.92 Å². The Morgan fingerprint density at radius 1 is 1.31 bits per heavy atom. The lowest BCUT2D eigenvalue weighted by atomic mass is 10.1. The average molecular weight is 242 g/mol. The van der Waals surface area contributed by atoms with Gasteiger partial charge in [-0.05, 0) is 19.4 Å². The van der Waals surface area contributed by atoms with Crippen molar-refractivity contribution in [3.63, 3.8) is 0 Å². The van der Waals surface area contributed by atoms with Gasteiger partial charge in [-0.1, -0.05) is 29.8 Å². The van der Waals surface area contributed by atoms with Crippen LogP contribution in [0.1, 0.15) is 18.1 Å². The van der Waals surface area contributed by atoms with Crippen molar-refractivity contribution in [3.05, 3.63) is 35.4 Å². The van der Waals surface area contributed by atoms with Gasteiger partial charge in [-0.25, -0.2) is 0 Å². The van der Waals surface area contributed by atoms with Crippen LogP contribution in [0.2, 0.25) is 0 Å². The van der Waals surface area contributed by atoms with Gasteiger partial charge in [0.05, 0.1) is 12.7 Å². The van der Waals surface area contributed by atoms with Crippen molar-refractivity contribution in [1.29, 1.82) is 0 Å². The third kappa shape index (κ3) is 3.78. The quantitative estimate of drug-likeness (QED) is 0.790. The maximum atomic E-state index is 5.52. The summed E-state index contributed by atoms with van der Waals surface area (Å²) in [6, 6.07) is 8.79. The Kier molecular flexibility index (Phi) is 5.26. The fourth-order valence-electron chi connectivity index (χ4n) is 1.99. The fourth-order valence-corrected chi connectivity index (χ4v) is 1.99. The van der Waals surface area contributed by atoms with Crippen LogP contribution >= 0.6 is 12.4 Å². The highest BCUT2D eigenvalue weighted by molar-refractivity contribution is 5.85. The van der Waals surface area contributed by atoms with Gasteiger partial charge < -0.3 is 4.74 Å². The van der Waals surface area contributed by atoms with Crippen molar-refractivity contribution in [2.24, 2.45) is 0 Å². The number of ether oxygens (including phenoxy) is 1. The molecule has 2 rings (SSSR count). The predicted molar refractivity (Wildman–Crippen MR) is 69.1 cm³/mol. The third-order valence-corrected chi connectivity index (χ3v) is 2.85. The predicted octanol–water partition coefficient (Wildman–Crippen LogP) is 2.64. The van der Waals surface area contributed by atoms with E-state index < -0.39 is 0 Å². The zero-order valence-corrected chi connectivity index (χ0v) is 10.8. The standard InChI is InChI=1S/C13H19NO.ClH/c1-11-3-5-13(6-4-11)10-14-7-8-15-12(2)9-14;/h3-6,12H,7-10H2,1-2H3;1H. The van der Waals surface area contributed by atoms with Crippen molar-refractivity contribution in [3.8, 4) is 0 Å². The zero-order chi connectivity index (χ0) is 10.7. The summed E-state index contributed by atoms with van der Waals surface area (Å²) in [6.07, 6.45) is 0.379. The third-order valence-electron chi connectivity index (χ3n) is 2.85. The number of nitrogens with zero attached hydrogens (tertiary/aromatic N) is 1. The molecule has 0 bridgehead atoms. The first-order valence-corrected chi connectivity index (χ1v) is 5.63. The lowest BCUT2D eigenvalue weighted by Crippen LogP contribution is -2.40. The molecule has 0 spiro atoms. The van der Waals surface area contributed by atoms with Gasteiger partial charge in [0.15, 0.2) is 0 Å². The van der Waals surface area contributed by atoms with E-state index in [1.54, 1.807) is 0 Å². The second-order valence-electron chi connectivity index (χ2n) is 4.40. The second kappa shape index (κ2) is 6.24. The van der Waals surface area contributed by atoms with Crippen molar-refractivity contribution < 1.29 is 4.74 Å².